The maximum absolute atomic E-state index is 13.4. The van der Waals surface area contributed by atoms with Crippen LogP contribution in [-0.2, 0) is 5.75 Å². The number of nitrogens with zero attached hydrogens (tertiary/aromatic N) is 6. The summed E-state index contributed by atoms with van der Waals surface area (Å²) >= 11 is 1.43. The fourth-order valence-electron chi connectivity index (χ4n) is 3.47. The first kappa shape index (κ1) is 18.6. The second-order valence-electron chi connectivity index (χ2n) is 7.09. The molecule has 3 aromatic heterocycles. The molecule has 5 rings (SSSR count). The van der Waals surface area contributed by atoms with Crippen molar-refractivity contribution in [3.63, 3.8) is 0 Å². The first-order chi connectivity index (χ1) is 14.5. The molecule has 0 saturated carbocycles. The Hall–Kier alpha value is -3.46. The zero-order chi connectivity index (χ0) is 20.8. The van der Waals surface area contributed by atoms with Gasteiger partial charge in [-0.15, -0.1) is 10.2 Å². The Morgan fingerprint density at radius 1 is 1.07 bits per heavy atom. The molecule has 0 atom stereocenters. The van der Waals surface area contributed by atoms with Crippen molar-refractivity contribution in [3.05, 3.63) is 75.7 Å². The van der Waals surface area contributed by atoms with Crippen molar-refractivity contribution in [3.8, 4) is 5.69 Å². The smallest absolute Gasteiger partial charge is 0.267 e. The van der Waals surface area contributed by atoms with Crippen LogP contribution in [0.4, 0.5) is 0 Å². The molecular formula is C21H18N6O2S. The molecule has 0 aliphatic rings. The van der Waals surface area contributed by atoms with Crippen molar-refractivity contribution in [2.24, 2.45) is 0 Å². The minimum Gasteiger partial charge on any atom is -0.338 e. The number of aromatic nitrogens is 6. The molecule has 150 valence electrons. The molecule has 0 bridgehead atoms. The predicted molar refractivity (Wildman–Crippen MR) is 114 cm³/mol. The number of thioether (sulfide) groups is 1. The third-order valence-electron chi connectivity index (χ3n) is 4.89. The van der Waals surface area contributed by atoms with Crippen LogP contribution >= 0.6 is 11.8 Å². The Kier molecular flexibility index (Phi) is 4.39. The Morgan fingerprint density at radius 3 is 2.70 bits per heavy atom. The zero-order valence-corrected chi connectivity index (χ0v) is 17.5. The first-order valence-corrected chi connectivity index (χ1v) is 10.4. The topological polar surface area (TPSA) is 91.1 Å². The lowest BCUT2D eigenvalue weighted by Crippen LogP contribution is -2.22. The average molecular weight is 418 g/mol. The second kappa shape index (κ2) is 7.10. The van der Waals surface area contributed by atoms with Crippen molar-refractivity contribution < 1.29 is 4.52 Å². The summed E-state index contributed by atoms with van der Waals surface area (Å²) in [4.78, 5) is 17.7. The van der Waals surface area contributed by atoms with Crippen LogP contribution in [0.3, 0.4) is 0 Å². The van der Waals surface area contributed by atoms with E-state index < -0.39 is 0 Å². The first-order valence-electron chi connectivity index (χ1n) is 9.41. The van der Waals surface area contributed by atoms with Gasteiger partial charge in [-0.2, -0.15) is 4.98 Å². The number of hydrogen-bond donors (Lipinski definition) is 0. The van der Waals surface area contributed by atoms with E-state index in [-0.39, 0.29) is 5.56 Å². The number of aryl methyl sites for hydroxylation is 3. The van der Waals surface area contributed by atoms with Crippen molar-refractivity contribution in [1.29, 1.82) is 0 Å². The van der Waals surface area contributed by atoms with Gasteiger partial charge in [0.25, 0.3) is 5.56 Å². The number of rotatable bonds is 4. The molecule has 8 nitrogen and oxygen atoms in total. The molecule has 0 aliphatic carbocycles. The maximum atomic E-state index is 13.4. The fourth-order valence-corrected chi connectivity index (χ4v) is 4.25. The average Bonchev–Trinajstić information content (AvgIpc) is 3.35. The van der Waals surface area contributed by atoms with Crippen LogP contribution in [0.2, 0.25) is 0 Å². The van der Waals surface area contributed by atoms with E-state index in [9.17, 15) is 4.79 Å². The van der Waals surface area contributed by atoms with Gasteiger partial charge in [0, 0.05) is 0 Å². The monoisotopic (exact) mass is 418 g/mol. The third-order valence-corrected chi connectivity index (χ3v) is 5.81. The van der Waals surface area contributed by atoms with E-state index in [0.717, 1.165) is 22.3 Å². The summed E-state index contributed by atoms with van der Waals surface area (Å²) in [7, 11) is 0. The highest BCUT2D eigenvalue weighted by Gasteiger charge is 2.19. The molecule has 0 spiro atoms. The molecule has 9 heteroatoms. The Morgan fingerprint density at radius 2 is 1.90 bits per heavy atom. The summed E-state index contributed by atoms with van der Waals surface area (Å²) < 4.78 is 8.76. The molecule has 2 aromatic carbocycles. The summed E-state index contributed by atoms with van der Waals surface area (Å²) in [6.07, 6.45) is 0. The molecule has 30 heavy (non-hydrogen) atoms. The van der Waals surface area contributed by atoms with E-state index in [1.165, 1.54) is 11.8 Å². The molecule has 0 saturated heterocycles. The van der Waals surface area contributed by atoms with E-state index in [1.54, 1.807) is 11.5 Å². The van der Waals surface area contributed by atoms with E-state index in [1.807, 2.05) is 60.7 Å². The highest BCUT2D eigenvalue weighted by Crippen LogP contribution is 2.26. The summed E-state index contributed by atoms with van der Waals surface area (Å²) in [6, 6.07) is 13.5. The molecule has 5 aromatic rings. The van der Waals surface area contributed by atoms with Gasteiger partial charge in [-0.05, 0) is 50.1 Å². The zero-order valence-electron chi connectivity index (χ0n) is 16.7. The highest BCUT2D eigenvalue weighted by molar-refractivity contribution is 7.98. The van der Waals surface area contributed by atoms with Crippen LogP contribution in [0.25, 0.3) is 22.4 Å². The van der Waals surface area contributed by atoms with E-state index in [0.29, 0.717) is 33.8 Å². The molecule has 0 fully saturated rings. The van der Waals surface area contributed by atoms with Gasteiger partial charge in [0.2, 0.25) is 11.7 Å². The highest BCUT2D eigenvalue weighted by atomic mass is 32.2. The molecular weight excluding hydrogens is 400 g/mol. The minimum absolute atomic E-state index is 0.122. The number of benzene rings is 2. The summed E-state index contributed by atoms with van der Waals surface area (Å²) in [6.45, 7) is 5.76. The van der Waals surface area contributed by atoms with Crippen LogP contribution in [0, 0.1) is 20.8 Å². The SMILES string of the molecule is Cc1ccc(C)c(-n2c(=O)c3ccccc3n3c(SCc4nc(C)no4)nnc23)c1. The summed E-state index contributed by atoms with van der Waals surface area (Å²) in [5, 5.41) is 13.8. The Balaban J connectivity index is 1.76. The normalized spacial score (nSPS) is 11.6. The van der Waals surface area contributed by atoms with Crippen molar-refractivity contribution in [2.45, 2.75) is 31.7 Å². The molecule has 3 heterocycles. The predicted octanol–water partition coefficient (Wildman–Crippen LogP) is 3.63. The van der Waals surface area contributed by atoms with Gasteiger partial charge >= 0.3 is 0 Å². The fraction of sp³-hybridized carbons (Fsp3) is 0.190. The quantitative estimate of drug-likeness (QED) is 0.412. The van der Waals surface area contributed by atoms with E-state index in [4.69, 9.17) is 4.52 Å². The molecule has 0 radical (unpaired) electrons. The van der Waals surface area contributed by atoms with Crippen molar-refractivity contribution in [1.82, 2.24) is 29.3 Å². The van der Waals surface area contributed by atoms with Gasteiger partial charge < -0.3 is 4.52 Å². The minimum atomic E-state index is -0.122. The summed E-state index contributed by atoms with van der Waals surface area (Å²) in [5.41, 5.74) is 3.48. The third kappa shape index (κ3) is 2.98. The lowest BCUT2D eigenvalue weighted by Gasteiger charge is -2.13. The van der Waals surface area contributed by atoms with Crippen LogP contribution < -0.4 is 5.56 Å². The Labute approximate surface area is 175 Å². The van der Waals surface area contributed by atoms with Crippen LogP contribution in [0.1, 0.15) is 22.8 Å². The number of hydrogen-bond acceptors (Lipinski definition) is 7. The van der Waals surface area contributed by atoms with Crippen molar-refractivity contribution >= 4 is 28.4 Å². The lowest BCUT2D eigenvalue weighted by molar-refractivity contribution is 0.387. The van der Waals surface area contributed by atoms with Crippen LogP contribution in [0.15, 0.2) is 56.9 Å². The van der Waals surface area contributed by atoms with Gasteiger partial charge in [0.05, 0.1) is 22.3 Å². The summed E-state index contributed by atoms with van der Waals surface area (Å²) in [5.74, 6) is 2.03. The van der Waals surface area contributed by atoms with Gasteiger partial charge in [-0.25, -0.2) is 4.57 Å². The molecule has 0 unspecified atom stereocenters. The van der Waals surface area contributed by atoms with E-state index >= 15 is 0 Å². The van der Waals surface area contributed by atoms with Gasteiger partial charge in [0.15, 0.2) is 11.0 Å². The largest absolute Gasteiger partial charge is 0.338 e. The lowest BCUT2D eigenvalue weighted by atomic mass is 10.1. The van der Waals surface area contributed by atoms with Crippen LogP contribution in [-0.4, -0.2) is 29.3 Å². The van der Waals surface area contributed by atoms with E-state index in [2.05, 4.69) is 20.3 Å². The molecule has 0 N–H and O–H groups in total. The van der Waals surface area contributed by atoms with Gasteiger partial charge in [-0.3, -0.25) is 9.20 Å². The molecule has 0 aliphatic heterocycles. The Bertz CT molecular complexity index is 1470. The second-order valence-corrected chi connectivity index (χ2v) is 8.03. The van der Waals surface area contributed by atoms with Crippen molar-refractivity contribution in [2.75, 3.05) is 0 Å². The van der Waals surface area contributed by atoms with Gasteiger partial charge in [0.1, 0.15) is 0 Å². The maximum Gasteiger partial charge on any atom is 0.267 e. The molecule has 0 amide bonds. The number of fused-ring (bicyclic) bond motifs is 3. The van der Waals surface area contributed by atoms with Gasteiger partial charge in [-0.1, -0.05) is 41.2 Å². The standard InChI is InChI=1S/C21H18N6O2S/c1-12-8-9-13(2)17(10-12)26-19(28)15-6-4-5-7-16(15)27-20(26)23-24-21(27)30-11-18-22-14(3)25-29-18/h4-10H,11H2,1-3H3. The van der Waals surface area contributed by atoms with Crippen LogP contribution in [0.5, 0.6) is 0 Å². The number of para-hydroxylation sites is 1.